The van der Waals surface area contributed by atoms with Crippen LogP contribution in [0.2, 0.25) is 0 Å². The molecule has 0 amide bonds. The molecular weight excluding hydrogens is 705 g/mol. The van der Waals surface area contributed by atoms with Gasteiger partial charge in [0.2, 0.25) is 5.89 Å². The van der Waals surface area contributed by atoms with Crippen molar-refractivity contribution in [2.24, 2.45) is 0 Å². The quantitative estimate of drug-likeness (QED) is 0.152. The molecule has 272 valence electrons. The van der Waals surface area contributed by atoms with Crippen molar-refractivity contribution in [3.63, 3.8) is 0 Å². The van der Waals surface area contributed by atoms with Crippen LogP contribution >= 0.6 is 0 Å². The van der Waals surface area contributed by atoms with Gasteiger partial charge >= 0.3 is 0 Å². The van der Waals surface area contributed by atoms with E-state index in [1.54, 1.807) is 0 Å². The zero-order valence-corrected chi connectivity index (χ0v) is 31.6. The van der Waals surface area contributed by atoms with Crippen LogP contribution in [0.15, 0.2) is 223 Å². The lowest BCUT2D eigenvalue weighted by Crippen LogP contribution is -2.10. The van der Waals surface area contributed by atoms with Gasteiger partial charge in [0.1, 0.15) is 5.52 Å². The topological polar surface area (TPSA) is 29.3 Å². The van der Waals surface area contributed by atoms with Crippen LogP contribution < -0.4 is 4.90 Å². The lowest BCUT2D eigenvalue weighted by molar-refractivity contribution is 0.623. The summed E-state index contributed by atoms with van der Waals surface area (Å²) in [7, 11) is 0. The molecular formula is C55H36N2O. The summed E-state index contributed by atoms with van der Waals surface area (Å²) in [6, 6.07) is 77.8. The van der Waals surface area contributed by atoms with E-state index in [0.717, 1.165) is 72.0 Å². The second-order valence-electron chi connectivity index (χ2n) is 14.7. The molecule has 0 saturated carbocycles. The zero-order chi connectivity index (χ0) is 38.4. The maximum Gasteiger partial charge on any atom is 0.227 e. The lowest BCUT2D eigenvalue weighted by Gasteiger charge is -2.27. The van der Waals surface area contributed by atoms with Gasteiger partial charge < -0.3 is 9.32 Å². The number of oxazole rings is 1. The first-order chi connectivity index (χ1) is 28.7. The second kappa shape index (κ2) is 14.1. The third kappa shape index (κ3) is 5.89. The smallest absolute Gasteiger partial charge is 0.227 e. The Kier molecular flexibility index (Phi) is 8.15. The Hall–Kier alpha value is -7.75. The first kappa shape index (κ1) is 33.6. The summed E-state index contributed by atoms with van der Waals surface area (Å²) in [5.74, 6) is 0.615. The number of aromatic nitrogens is 1. The van der Waals surface area contributed by atoms with Crippen molar-refractivity contribution in [2.75, 3.05) is 4.90 Å². The predicted molar refractivity (Wildman–Crippen MR) is 243 cm³/mol. The van der Waals surface area contributed by atoms with E-state index >= 15 is 0 Å². The predicted octanol–water partition coefficient (Wildman–Crippen LogP) is 15.4. The van der Waals surface area contributed by atoms with Crippen LogP contribution in [0.25, 0.3) is 88.3 Å². The molecule has 1 aromatic heterocycles. The van der Waals surface area contributed by atoms with Crippen molar-refractivity contribution in [3.8, 4) is 44.8 Å². The fraction of sp³-hybridized carbons (Fsp3) is 0. The highest BCUT2D eigenvalue weighted by atomic mass is 16.3. The largest absolute Gasteiger partial charge is 0.435 e. The van der Waals surface area contributed by atoms with Crippen LogP contribution in [-0.4, -0.2) is 4.98 Å². The maximum atomic E-state index is 6.73. The van der Waals surface area contributed by atoms with Crippen LogP contribution in [0.5, 0.6) is 0 Å². The molecule has 10 aromatic carbocycles. The first-order valence-corrected chi connectivity index (χ1v) is 19.7. The van der Waals surface area contributed by atoms with Gasteiger partial charge in [0.15, 0.2) is 5.58 Å². The van der Waals surface area contributed by atoms with Crippen LogP contribution in [-0.2, 0) is 0 Å². The molecule has 11 rings (SSSR count). The summed E-state index contributed by atoms with van der Waals surface area (Å²) in [5, 5.41) is 6.84. The molecule has 0 N–H and O–H groups in total. The molecule has 0 unspecified atom stereocenters. The molecule has 3 heteroatoms. The van der Waals surface area contributed by atoms with Gasteiger partial charge in [-0.2, -0.15) is 0 Å². The van der Waals surface area contributed by atoms with E-state index in [9.17, 15) is 0 Å². The molecule has 0 bridgehead atoms. The number of hydrogen-bond acceptors (Lipinski definition) is 3. The molecule has 0 aliphatic carbocycles. The molecule has 58 heavy (non-hydrogen) atoms. The van der Waals surface area contributed by atoms with E-state index in [1.807, 2.05) is 30.3 Å². The Labute approximate surface area is 336 Å². The van der Waals surface area contributed by atoms with Gasteiger partial charge in [0, 0.05) is 28.0 Å². The van der Waals surface area contributed by atoms with Crippen molar-refractivity contribution in [1.29, 1.82) is 0 Å². The molecule has 0 radical (unpaired) electrons. The average molecular weight is 741 g/mol. The fourth-order valence-electron chi connectivity index (χ4n) is 8.51. The SMILES string of the molecule is c1ccc(-c2cc(-c3cccc4ccccc34)cc(N(c3ccccc3)c3ccc4c(-c5ccccc5)cc5ccc6nc(-c7ccccc7)oc6c5c4c3)c2)cc1. The van der Waals surface area contributed by atoms with Gasteiger partial charge in [0.25, 0.3) is 0 Å². The second-order valence-corrected chi connectivity index (χ2v) is 14.7. The standard InChI is InChI=1S/C55H36N2O/c1-5-16-37(17-6-1)42-32-43(48-27-15-23-38-20-13-14-26-47(38)48)34-46(33-42)57(44-24-11-4-12-25-44)45-29-30-49-50(39-18-7-2-8-19-39)35-41-28-31-52-54(53(41)51(49)36-45)58-55(56-52)40-21-9-3-10-22-40/h1-36H. The normalized spacial score (nSPS) is 11.4. The van der Waals surface area contributed by atoms with Gasteiger partial charge in [-0.1, -0.05) is 152 Å². The summed E-state index contributed by atoms with van der Waals surface area (Å²) < 4.78 is 6.73. The molecule has 0 saturated heterocycles. The first-order valence-electron chi connectivity index (χ1n) is 19.7. The summed E-state index contributed by atoms with van der Waals surface area (Å²) in [6.45, 7) is 0. The highest BCUT2D eigenvalue weighted by Crippen LogP contribution is 2.45. The van der Waals surface area contributed by atoms with Gasteiger partial charge in [-0.15, -0.1) is 0 Å². The maximum absolute atomic E-state index is 6.73. The van der Waals surface area contributed by atoms with Crippen molar-refractivity contribution >= 4 is 60.5 Å². The Morgan fingerprint density at radius 2 is 1.00 bits per heavy atom. The number of anilines is 3. The molecule has 1 heterocycles. The summed E-state index contributed by atoms with van der Waals surface area (Å²) >= 11 is 0. The van der Waals surface area contributed by atoms with E-state index in [0.29, 0.717) is 5.89 Å². The van der Waals surface area contributed by atoms with Crippen LogP contribution in [0.1, 0.15) is 0 Å². The van der Waals surface area contributed by atoms with Crippen molar-refractivity contribution in [2.45, 2.75) is 0 Å². The average Bonchev–Trinajstić information content (AvgIpc) is 3.75. The zero-order valence-electron chi connectivity index (χ0n) is 31.6. The van der Waals surface area contributed by atoms with Gasteiger partial charge in [-0.25, -0.2) is 4.98 Å². The van der Waals surface area contributed by atoms with Crippen LogP contribution in [0, 0.1) is 0 Å². The van der Waals surface area contributed by atoms with E-state index < -0.39 is 0 Å². The van der Waals surface area contributed by atoms with E-state index in [1.165, 1.54) is 27.5 Å². The molecule has 3 nitrogen and oxygen atoms in total. The number of nitrogens with zero attached hydrogens (tertiary/aromatic N) is 2. The van der Waals surface area contributed by atoms with Crippen LogP contribution in [0.4, 0.5) is 17.1 Å². The summed E-state index contributed by atoms with van der Waals surface area (Å²) in [5.41, 5.74) is 12.8. The number of hydrogen-bond donors (Lipinski definition) is 0. The number of rotatable bonds is 7. The minimum Gasteiger partial charge on any atom is -0.435 e. The van der Waals surface area contributed by atoms with E-state index in [2.05, 4.69) is 193 Å². The van der Waals surface area contributed by atoms with Crippen molar-refractivity contribution in [3.05, 3.63) is 218 Å². The summed E-state index contributed by atoms with van der Waals surface area (Å²) in [4.78, 5) is 7.38. The third-order valence-electron chi connectivity index (χ3n) is 11.2. The Bertz CT molecular complexity index is 3260. The number of fused-ring (bicyclic) bond motifs is 6. The minimum absolute atomic E-state index is 0.615. The van der Waals surface area contributed by atoms with E-state index in [4.69, 9.17) is 9.40 Å². The highest BCUT2D eigenvalue weighted by molar-refractivity contribution is 6.22. The highest BCUT2D eigenvalue weighted by Gasteiger charge is 2.21. The van der Waals surface area contributed by atoms with Crippen molar-refractivity contribution in [1.82, 2.24) is 4.98 Å². The lowest BCUT2D eigenvalue weighted by atomic mass is 9.92. The molecule has 0 fully saturated rings. The molecule has 0 spiro atoms. The van der Waals surface area contributed by atoms with Gasteiger partial charge in [-0.3, -0.25) is 0 Å². The molecule has 0 aliphatic rings. The van der Waals surface area contributed by atoms with Crippen molar-refractivity contribution < 1.29 is 4.42 Å². The monoisotopic (exact) mass is 740 g/mol. The minimum atomic E-state index is 0.615. The molecule has 0 aliphatic heterocycles. The Morgan fingerprint density at radius 1 is 0.345 bits per heavy atom. The van der Waals surface area contributed by atoms with Gasteiger partial charge in [0.05, 0.1) is 0 Å². The number of benzene rings is 10. The summed E-state index contributed by atoms with van der Waals surface area (Å²) in [6.07, 6.45) is 0. The van der Waals surface area contributed by atoms with E-state index in [-0.39, 0.29) is 0 Å². The molecule has 11 aromatic rings. The molecule has 0 atom stereocenters. The Balaban J connectivity index is 1.20. The van der Waals surface area contributed by atoms with Crippen LogP contribution in [0.3, 0.4) is 0 Å². The Morgan fingerprint density at radius 3 is 1.78 bits per heavy atom. The fourth-order valence-corrected chi connectivity index (χ4v) is 8.51. The number of para-hydroxylation sites is 1. The third-order valence-corrected chi connectivity index (χ3v) is 11.2. The van der Waals surface area contributed by atoms with Gasteiger partial charge in [-0.05, 0) is 127 Å².